The maximum atomic E-state index is 11.6. The van der Waals surface area contributed by atoms with Crippen LogP contribution in [0.3, 0.4) is 0 Å². The van der Waals surface area contributed by atoms with Gasteiger partial charge in [0.2, 0.25) is 0 Å². The van der Waals surface area contributed by atoms with Crippen molar-refractivity contribution in [1.29, 1.82) is 0 Å². The van der Waals surface area contributed by atoms with Crippen LogP contribution in [0.25, 0.3) is 0 Å². The molecule has 2 rings (SSSR count). The third-order valence-electron chi connectivity index (χ3n) is 4.83. The van der Waals surface area contributed by atoms with Crippen LogP contribution < -0.4 is 5.19 Å². The largest absolute Gasteiger partial charge is 0.463 e. The molecular formula is C18H26O5Si. The molecule has 24 heavy (non-hydrogen) atoms. The highest BCUT2D eigenvalue weighted by Gasteiger charge is 2.61. The Morgan fingerprint density at radius 1 is 1.21 bits per heavy atom. The van der Waals surface area contributed by atoms with Gasteiger partial charge in [0.15, 0.2) is 0 Å². The fourth-order valence-electron chi connectivity index (χ4n) is 3.48. The first-order valence-electron chi connectivity index (χ1n) is 8.23. The van der Waals surface area contributed by atoms with Crippen LogP contribution in [-0.2, 0) is 23.8 Å². The van der Waals surface area contributed by atoms with E-state index in [2.05, 4.69) is 25.2 Å². The minimum absolute atomic E-state index is 0.0691. The molecule has 3 atom stereocenters. The van der Waals surface area contributed by atoms with Crippen LogP contribution in [0, 0.1) is 0 Å². The maximum Gasteiger partial charge on any atom is 0.302 e. The number of carbonyl (C=O) groups is 2. The quantitative estimate of drug-likeness (QED) is 0.602. The topological polar surface area (TPSA) is 61.8 Å². The van der Waals surface area contributed by atoms with E-state index < -0.39 is 19.4 Å². The number of carbonyl (C=O) groups excluding carboxylic acids is 2. The van der Waals surface area contributed by atoms with Crippen molar-refractivity contribution >= 4 is 25.2 Å². The molecule has 1 aliphatic heterocycles. The SMILES string of the molecule is CC(=O)OCC1([Si](C)(C)c2ccccc2)O[C@@H](C)C[C@@H]1OC(C)=O. The molecule has 1 aliphatic rings. The molecule has 1 heterocycles. The second kappa shape index (κ2) is 7.07. The van der Waals surface area contributed by atoms with E-state index in [-0.39, 0.29) is 24.6 Å². The Hall–Kier alpha value is -1.66. The zero-order valence-electron chi connectivity index (χ0n) is 15.0. The molecule has 0 bridgehead atoms. The van der Waals surface area contributed by atoms with Crippen molar-refractivity contribution in [2.24, 2.45) is 0 Å². The highest BCUT2D eigenvalue weighted by molar-refractivity contribution is 6.92. The van der Waals surface area contributed by atoms with Gasteiger partial charge in [0.05, 0.1) is 6.10 Å². The lowest BCUT2D eigenvalue weighted by atomic mass is 10.1. The second-order valence-corrected chi connectivity index (χ2v) is 11.6. The van der Waals surface area contributed by atoms with E-state index in [0.717, 1.165) is 0 Å². The van der Waals surface area contributed by atoms with Crippen molar-refractivity contribution in [1.82, 2.24) is 0 Å². The Balaban J connectivity index is 2.49. The molecule has 0 saturated carbocycles. The van der Waals surface area contributed by atoms with Crippen molar-refractivity contribution < 1.29 is 23.8 Å². The molecule has 5 nitrogen and oxygen atoms in total. The summed E-state index contributed by atoms with van der Waals surface area (Å²) in [5.74, 6) is -0.709. The van der Waals surface area contributed by atoms with Gasteiger partial charge < -0.3 is 14.2 Å². The van der Waals surface area contributed by atoms with E-state index in [1.54, 1.807) is 0 Å². The van der Waals surface area contributed by atoms with Crippen LogP contribution in [0.2, 0.25) is 13.1 Å². The molecule has 0 aliphatic carbocycles. The Morgan fingerprint density at radius 3 is 2.38 bits per heavy atom. The van der Waals surface area contributed by atoms with Crippen LogP contribution in [-0.4, -0.2) is 44.1 Å². The summed E-state index contributed by atoms with van der Waals surface area (Å²) < 4.78 is 17.3. The van der Waals surface area contributed by atoms with Crippen LogP contribution in [0.15, 0.2) is 30.3 Å². The van der Waals surface area contributed by atoms with E-state index in [1.807, 2.05) is 25.1 Å². The number of hydrogen-bond acceptors (Lipinski definition) is 5. The zero-order valence-corrected chi connectivity index (χ0v) is 16.0. The Kier molecular flexibility index (Phi) is 5.50. The van der Waals surface area contributed by atoms with Gasteiger partial charge in [0.25, 0.3) is 0 Å². The first-order valence-corrected chi connectivity index (χ1v) is 11.2. The summed E-state index contributed by atoms with van der Waals surface area (Å²) >= 11 is 0. The fourth-order valence-corrected chi connectivity index (χ4v) is 6.91. The van der Waals surface area contributed by atoms with Gasteiger partial charge in [0, 0.05) is 20.3 Å². The van der Waals surface area contributed by atoms with Gasteiger partial charge in [-0.2, -0.15) is 0 Å². The standard InChI is InChI=1S/C18H26O5Si/c1-13-11-17(22-15(3)20)18(23-13,12-21-14(2)19)24(4,5)16-9-7-6-8-10-16/h6-10,13,17H,11-12H2,1-5H3/t13-,17-,18?/m0/s1. The molecule has 0 radical (unpaired) electrons. The molecule has 132 valence electrons. The predicted molar refractivity (Wildman–Crippen MR) is 93.6 cm³/mol. The third kappa shape index (κ3) is 3.54. The fraction of sp³-hybridized carbons (Fsp3) is 0.556. The van der Waals surface area contributed by atoms with Crippen molar-refractivity contribution in [3.8, 4) is 0 Å². The molecule has 0 aromatic heterocycles. The summed E-state index contributed by atoms with van der Waals surface area (Å²) in [6.45, 7) is 9.17. The van der Waals surface area contributed by atoms with Gasteiger partial charge in [-0.25, -0.2) is 0 Å². The van der Waals surface area contributed by atoms with Gasteiger partial charge in [-0.15, -0.1) is 0 Å². The predicted octanol–water partition coefficient (Wildman–Crippen LogP) is 2.18. The first-order chi connectivity index (χ1) is 11.2. The average Bonchev–Trinajstić information content (AvgIpc) is 2.82. The summed E-state index contributed by atoms with van der Waals surface area (Å²) in [5, 5.41) is 0.369. The van der Waals surface area contributed by atoms with Gasteiger partial charge in [0.1, 0.15) is 26.0 Å². The maximum absolute atomic E-state index is 11.6. The van der Waals surface area contributed by atoms with Gasteiger partial charge in [-0.3, -0.25) is 9.59 Å². The Labute approximate surface area is 144 Å². The van der Waals surface area contributed by atoms with Crippen LogP contribution in [0.4, 0.5) is 0 Å². The third-order valence-corrected chi connectivity index (χ3v) is 9.31. The lowest BCUT2D eigenvalue weighted by Crippen LogP contribution is -2.69. The minimum atomic E-state index is -2.31. The summed E-state index contributed by atoms with van der Waals surface area (Å²) in [6.07, 6.45) is 0.107. The normalized spacial score (nSPS) is 26.9. The Bertz CT molecular complexity index is 601. The van der Waals surface area contributed by atoms with Crippen molar-refractivity contribution in [2.75, 3.05) is 6.61 Å². The highest BCUT2D eigenvalue weighted by atomic mass is 28.3. The molecule has 6 heteroatoms. The van der Waals surface area contributed by atoms with Crippen molar-refractivity contribution in [2.45, 2.75) is 57.7 Å². The monoisotopic (exact) mass is 350 g/mol. The summed E-state index contributed by atoms with van der Waals surface area (Å²) in [5.41, 5.74) is 0. The van der Waals surface area contributed by atoms with E-state index in [0.29, 0.717) is 6.42 Å². The lowest BCUT2D eigenvalue weighted by Gasteiger charge is -2.44. The van der Waals surface area contributed by atoms with E-state index in [9.17, 15) is 9.59 Å². The van der Waals surface area contributed by atoms with Crippen LogP contribution >= 0.6 is 0 Å². The zero-order chi connectivity index (χ0) is 18.0. The molecule has 1 unspecified atom stereocenters. The summed E-state index contributed by atoms with van der Waals surface area (Å²) in [7, 11) is -2.31. The molecule has 1 fully saturated rings. The van der Waals surface area contributed by atoms with Gasteiger partial charge >= 0.3 is 11.9 Å². The average molecular weight is 350 g/mol. The van der Waals surface area contributed by atoms with Crippen molar-refractivity contribution in [3.05, 3.63) is 30.3 Å². The molecule has 1 aromatic rings. The second-order valence-electron chi connectivity index (χ2n) is 6.92. The molecule has 1 aromatic carbocycles. The smallest absolute Gasteiger partial charge is 0.302 e. The molecule has 0 amide bonds. The van der Waals surface area contributed by atoms with Gasteiger partial charge in [-0.05, 0) is 6.92 Å². The first kappa shape index (κ1) is 18.7. The lowest BCUT2D eigenvalue weighted by molar-refractivity contribution is -0.160. The number of benzene rings is 1. The molecular weight excluding hydrogens is 324 g/mol. The number of rotatable bonds is 5. The van der Waals surface area contributed by atoms with E-state index in [1.165, 1.54) is 19.0 Å². The number of esters is 2. The van der Waals surface area contributed by atoms with E-state index in [4.69, 9.17) is 14.2 Å². The van der Waals surface area contributed by atoms with Crippen molar-refractivity contribution in [3.63, 3.8) is 0 Å². The number of ether oxygens (including phenoxy) is 3. The highest BCUT2D eigenvalue weighted by Crippen LogP contribution is 2.40. The summed E-state index contributed by atoms with van der Waals surface area (Å²) in [4.78, 5) is 23.1. The van der Waals surface area contributed by atoms with E-state index >= 15 is 0 Å². The van der Waals surface area contributed by atoms with Crippen LogP contribution in [0.1, 0.15) is 27.2 Å². The molecule has 0 spiro atoms. The minimum Gasteiger partial charge on any atom is -0.463 e. The number of hydrogen-bond donors (Lipinski definition) is 0. The Morgan fingerprint density at radius 2 is 1.83 bits per heavy atom. The van der Waals surface area contributed by atoms with Gasteiger partial charge in [-0.1, -0.05) is 48.6 Å². The molecule has 0 N–H and O–H groups in total. The van der Waals surface area contributed by atoms with Crippen LogP contribution in [0.5, 0.6) is 0 Å². The summed E-state index contributed by atoms with van der Waals surface area (Å²) in [6, 6.07) is 10.1. The molecule has 1 saturated heterocycles.